The number of carbonyl (C=O) groups is 1. The number of piperidine rings is 2. The molecule has 1 aromatic rings. The first kappa shape index (κ1) is 17.1. The molecule has 0 aromatic carbocycles. The third-order valence-corrected chi connectivity index (χ3v) is 5.20. The molecule has 3 rings (SSSR count). The second-order valence-corrected chi connectivity index (χ2v) is 6.92. The van der Waals surface area contributed by atoms with Gasteiger partial charge in [0.25, 0.3) is 0 Å². The van der Waals surface area contributed by atoms with Crippen LogP contribution >= 0.6 is 0 Å². The number of aromatic nitrogens is 1. The Morgan fingerprint density at radius 1 is 1.46 bits per heavy atom. The van der Waals surface area contributed by atoms with Crippen LogP contribution in [-0.2, 0) is 11.3 Å². The molecule has 0 saturated carbocycles. The number of likely N-dealkylation sites (tertiary alicyclic amines) is 2. The molecule has 7 heteroatoms. The number of nitrogens with zero attached hydrogens (tertiary/aromatic N) is 3. The molecule has 1 atom stereocenters. The van der Waals surface area contributed by atoms with Crippen molar-refractivity contribution in [2.45, 2.75) is 31.9 Å². The van der Waals surface area contributed by atoms with E-state index in [9.17, 15) is 14.3 Å². The summed E-state index contributed by atoms with van der Waals surface area (Å²) in [5, 5.41) is 10.0. The third-order valence-electron chi connectivity index (χ3n) is 5.20. The molecule has 2 fully saturated rings. The van der Waals surface area contributed by atoms with Gasteiger partial charge in [-0.1, -0.05) is 0 Å². The van der Waals surface area contributed by atoms with Crippen molar-refractivity contribution in [2.75, 3.05) is 33.8 Å². The predicted octanol–water partition coefficient (Wildman–Crippen LogP) is 1.03. The van der Waals surface area contributed by atoms with Gasteiger partial charge in [-0.2, -0.15) is 0 Å². The van der Waals surface area contributed by atoms with Crippen molar-refractivity contribution >= 4 is 5.91 Å². The number of hydrogen-bond acceptors (Lipinski definition) is 5. The number of aliphatic hydroxyl groups excluding tert-OH is 1. The quantitative estimate of drug-likeness (QED) is 0.893. The second kappa shape index (κ2) is 6.64. The van der Waals surface area contributed by atoms with Crippen LogP contribution in [0.5, 0.6) is 5.88 Å². The summed E-state index contributed by atoms with van der Waals surface area (Å²) in [5.74, 6) is 0.185. The summed E-state index contributed by atoms with van der Waals surface area (Å²) >= 11 is 0. The summed E-state index contributed by atoms with van der Waals surface area (Å²) in [7, 11) is 3.27. The maximum atomic E-state index is 13.4. The lowest BCUT2D eigenvalue weighted by atomic mass is 9.71. The molecule has 2 saturated heterocycles. The zero-order valence-electron chi connectivity index (χ0n) is 14.2. The van der Waals surface area contributed by atoms with E-state index in [1.165, 1.54) is 13.2 Å². The van der Waals surface area contributed by atoms with E-state index in [4.69, 9.17) is 4.74 Å². The molecule has 6 nitrogen and oxygen atoms in total. The molecule has 1 N–H and O–H groups in total. The summed E-state index contributed by atoms with van der Waals surface area (Å²) < 4.78 is 18.6. The van der Waals surface area contributed by atoms with Crippen LogP contribution in [-0.4, -0.2) is 65.7 Å². The lowest BCUT2D eigenvalue weighted by Gasteiger charge is -2.47. The average molecular weight is 337 g/mol. The normalized spacial score (nSPS) is 24.4. The Balaban J connectivity index is 1.67. The Morgan fingerprint density at radius 3 is 2.83 bits per heavy atom. The molecule has 2 aliphatic heterocycles. The van der Waals surface area contributed by atoms with Gasteiger partial charge in [0.15, 0.2) is 0 Å². The number of ether oxygens (including phenoxy) is 1. The third kappa shape index (κ3) is 3.23. The van der Waals surface area contributed by atoms with Gasteiger partial charge in [-0.05, 0) is 38.4 Å². The minimum Gasteiger partial charge on any atom is -0.481 e. The highest BCUT2D eigenvalue weighted by molar-refractivity contribution is 5.83. The molecule has 1 spiro atoms. The van der Waals surface area contributed by atoms with Crippen LogP contribution in [0, 0.1) is 11.2 Å². The van der Waals surface area contributed by atoms with Gasteiger partial charge < -0.3 is 14.7 Å². The van der Waals surface area contributed by atoms with Gasteiger partial charge in [-0.3, -0.25) is 9.69 Å². The van der Waals surface area contributed by atoms with Gasteiger partial charge in [0.2, 0.25) is 11.8 Å². The Bertz CT molecular complexity index is 617. The first-order valence-electron chi connectivity index (χ1n) is 8.28. The Labute approximate surface area is 141 Å². The fraction of sp³-hybridized carbons (Fsp3) is 0.647. The highest BCUT2D eigenvalue weighted by Gasteiger charge is 2.47. The number of rotatable bonds is 3. The number of β-amino-alcohol motifs (C(OH)–C–C–N with tert-alkyl or cyclic N) is 1. The summed E-state index contributed by atoms with van der Waals surface area (Å²) in [6, 6.07) is 1.44. The molecule has 1 amide bonds. The van der Waals surface area contributed by atoms with Gasteiger partial charge in [-0.25, -0.2) is 9.37 Å². The maximum absolute atomic E-state index is 13.4. The van der Waals surface area contributed by atoms with Crippen LogP contribution in [0.25, 0.3) is 0 Å². The zero-order valence-corrected chi connectivity index (χ0v) is 14.2. The van der Waals surface area contributed by atoms with Gasteiger partial charge in [0.05, 0.1) is 24.8 Å². The number of carbonyl (C=O) groups excluding carboxylic acids is 1. The molecule has 1 aromatic heterocycles. The van der Waals surface area contributed by atoms with Gasteiger partial charge in [-0.15, -0.1) is 0 Å². The number of amides is 1. The van der Waals surface area contributed by atoms with E-state index in [1.54, 1.807) is 11.9 Å². The molecule has 132 valence electrons. The van der Waals surface area contributed by atoms with Crippen molar-refractivity contribution in [3.63, 3.8) is 0 Å². The molecular weight excluding hydrogens is 313 g/mol. The molecule has 1 unspecified atom stereocenters. The van der Waals surface area contributed by atoms with Gasteiger partial charge >= 0.3 is 0 Å². The number of halogens is 1. The topological polar surface area (TPSA) is 65.9 Å². The largest absolute Gasteiger partial charge is 0.481 e. The Kier molecular flexibility index (Phi) is 4.73. The molecule has 24 heavy (non-hydrogen) atoms. The number of methoxy groups -OCH3 is 1. The molecule has 0 radical (unpaired) electrons. The smallest absolute Gasteiger partial charge is 0.228 e. The lowest BCUT2D eigenvalue weighted by Crippen LogP contribution is -2.56. The predicted molar refractivity (Wildman–Crippen MR) is 86.0 cm³/mol. The Morgan fingerprint density at radius 2 is 2.17 bits per heavy atom. The lowest BCUT2D eigenvalue weighted by molar-refractivity contribution is -0.154. The number of pyridine rings is 1. The van der Waals surface area contributed by atoms with E-state index in [1.807, 2.05) is 0 Å². The highest BCUT2D eigenvalue weighted by Crippen LogP contribution is 2.41. The van der Waals surface area contributed by atoms with Crippen molar-refractivity contribution in [3.05, 3.63) is 23.6 Å². The first-order valence-corrected chi connectivity index (χ1v) is 8.28. The maximum Gasteiger partial charge on any atom is 0.228 e. The molecule has 0 aliphatic carbocycles. The van der Waals surface area contributed by atoms with E-state index in [0.717, 1.165) is 19.3 Å². The molecule has 3 heterocycles. The molecule has 2 aliphatic rings. The van der Waals surface area contributed by atoms with E-state index >= 15 is 0 Å². The van der Waals surface area contributed by atoms with Crippen LogP contribution in [0.2, 0.25) is 0 Å². The summed E-state index contributed by atoms with van der Waals surface area (Å²) in [5.41, 5.74) is 0.258. The van der Waals surface area contributed by atoms with Gasteiger partial charge in [0, 0.05) is 25.7 Å². The summed E-state index contributed by atoms with van der Waals surface area (Å²) in [6.45, 7) is 2.41. The molecular formula is C17H24FN3O3. The second-order valence-electron chi connectivity index (χ2n) is 6.92. The number of aliphatic hydroxyl groups is 1. The van der Waals surface area contributed by atoms with Crippen molar-refractivity contribution in [2.24, 2.45) is 5.41 Å². The van der Waals surface area contributed by atoms with Crippen molar-refractivity contribution in [1.82, 2.24) is 14.8 Å². The van der Waals surface area contributed by atoms with Crippen LogP contribution in [0.3, 0.4) is 0 Å². The average Bonchev–Trinajstić information content (AvgIpc) is 2.55. The van der Waals surface area contributed by atoms with E-state index in [0.29, 0.717) is 43.8 Å². The minimum absolute atomic E-state index is 0.137. The summed E-state index contributed by atoms with van der Waals surface area (Å²) in [4.78, 5) is 20.4. The van der Waals surface area contributed by atoms with E-state index < -0.39 is 11.5 Å². The van der Waals surface area contributed by atoms with Crippen LogP contribution < -0.4 is 4.74 Å². The number of likely N-dealkylation sites (N-methyl/N-ethyl adjacent to an activating group) is 1. The summed E-state index contributed by atoms with van der Waals surface area (Å²) in [6.07, 6.45) is 2.64. The highest BCUT2D eigenvalue weighted by atomic mass is 19.1. The van der Waals surface area contributed by atoms with Crippen molar-refractivity contribution in [1.29, 1.82) is 0 Å². The van der Waals surface area contributed by atoms with E-state index in [-0.39, 0.29) is 11.7 Å². The van der Waals surface area contributed by atoms with Crippen molar-refractivity contribution < 1.29 is 19.0 Å². The first-order chi connectivity index (χ1) is 11.4. The van der Waals surface area contributed by atoms with E-state index in [2.05, 4.69) is 9.88 Å². The van der Waals surface area contributed by atoms with Crippen LogP contribution in [0.4, 0.5) is 4.39 Å². The minimum atomic E-state index is -0.452. The zero-order chi connectivity index (χ0) is 17.3. The van der Waals surface area contributed by atoms with Gasteiger partial charge in [0.1, 0.15) is 5.82 Å². The monoisotopic (exact) mass is 337 g/mol. The fourth-order valence-corrected chi connectivity index (χ4v) is 3.97. The van der Waals surface area contributed by atoms with Crippen LogP contribution in [0.15, 0.2) is 12.3 Å². The number of hydrogen-bond donors (Lipinski definition) is 1. The SMILES string of the molecule is COc1ncc(F)cc1CN1CCC2(CC1)CC(O)CN(C)C2=O. The Hall–Kier alpha value is -1.73. The van der Waals surface area contributed by atoms with Crippen LogP contribution in [0.1, 0.15) is 24.8 Å². The standard InChI is InChI=1S/C17H24FN3O3/c1-20-11-14(22)8-17(16(20)23)3-5-21(6-4-17)10-12-7-13(18)9-19-15(12)24-2/h7,9,14,22H,3-6,8,10-11H2,1-2H3. The molecule has 0 bridgehead atoms. The van der Waals surface area contributed by atoms with Crippen molar-refractivity contribution in [3.8, 4) is 5.88 Å². The fourth-order valence-electron chi connectivity index (χ4n) is 3.97.